The van der Waals surface area contributed by atoms with Gasteiger partial charge in [0.25, 0.3) is 0 Å². The third-order valence-corrected chi connectivity index (χ3v) is 8.98. The summed E-state index contributed by atoms with van der Waals surface area (Å²) in [5, 5.41) is 0. The highest BCUT2D eigenvalue weighted by molar-refractivity contribution is 4.86. The Labute approximate surface area is 458 Å². The number of rotatable bonds is 60. The molecule has 0 bridgehead atoms. The molecule has 0 aromatic rings. The third kappa shape index (κ3) is 52.1. The average molecular weight is 1090 g/mol. The molecule has 0 aromatic carbocycles. The van der Waals surface area contributed by atoms with Crippen molar-refractivity contribution in [2.24, 2.45) is 0 Å². The summed E-state index contributed by atoms with van der Waals surface area (Å²) in [6.07, 6.45) is 39.2. The summed E-state index contributed by atoms with van der Waals surface area (Å²) in [4.78, 5) is 10.2. The minimum Gasteiger partial charge on any atom is -0.376 e. The molecule has 0 rings (SSSR count). The molecule has 0 amide bonds. The van der Waals surface area contributed by atoms with E-state index in [-0.39, 0.29) is 205 Å². The SMILES string of the molecule is C#CCOCCOCC(COCC(COCC(COCC(COCC(COCC(COOCC#C)OCCOCC#C)OCCOCC#C)OCCOCC#C)OCCOCC#C)OCCOCC#C)OCCOCC#C. The van der Waals surface area contributed by atoms with Gasteiger partial charge in [0.2, 0.25) is 0 Å². The van der Waals surface area contributed by atoms with Crippen LogP contribution in [-0.2, 0) is 99.8 Å². The zero-order chi connectivity index (χ0) is 56.0. The smallest absolute Gasteiger partial charge is 0.142 e. The zero-order valence-electron chi connectivity index (χ0n) is 44.7. The summed E-state index contributed by atoms with van der Waals surface area (Å²) in [5.74, 6) is 19.3. The highest BCUT2D eigenvalue weighted by Gasteiger charge is 2.20. The van der Waals surface area contributed by atoms with E-state index in [0.717, 1.165) is 0 Å². The molecule has 0 aliphatic heterocycles. The quantitative estimate of drug-likeness (QED) is 0.0354. The Morgan fingerprint density at radius 3 is 0.584 bits per heavy atom. The normalized spacial score (nSPS) is 13.3. The second-order valence-corrected chi connectivity index (χ2v) is 15.3. The highest BCUT2D eigenvalue weighted by atomic mass is 17.2. The van der Waals surface area contributed by atoms with E-state index in [4.69, 9.17) is 151 Å². The molecule has 6 atom stereocenters. The van der Waals surface area contributed by atoms with Crippen LogP contribution in [-0.4, -0.2) is 261 Å². The van der Waals surface area contributed by atoms with E-state index in [9.17, 15) is 0 Å². The van der Waals surface area contributed by atoms with Crippen molar-refractivity contribution in [3.05, 3.63) is 0 Å². The number of ether oxygens (including phenoxy) is 19. The minimum absolute atomic E-state index is 0.0291. The van der Waals surface area contributed by atoms with E-state index >= 15 is 0 Å². The van der Waals surface area contributed by atoms with Crippen molar-refractivity contribution in [1.82, 2.24) is 0 Å². The fourth-order valence-electron chi connectivity index (χ4n) is 5.61. The Morgan fingerprint density at radius 1 is 0.182 bits per heavy atom. The molecule has 432 valence electrons. The third-order valence-electron chi connectivity index (χ3n) is 8.98. The van der Waals surface area contributed by atoms with Gasteiger partial charge in [0, 0.05) is 0 Å². The van der Waals surface area contributed by atoms with Crippen LogP contribution in [0.25, 0.3) is 0 Å². The predicted octanol–water partition coefficient (Wildman–Crippen LogP) is 0.527. The number of terminal acetylenes is 8. The molecule has 6 unspecified atom stereocenters. The van der Waals surface area contributed by atoms with E-state index in [2.05, 4.69) is 47.4 Å². The second-order valence-electron chi connectivity index (χ2n) is 15.3. The average Bonchev–Trinajstić information content (AvgIpc) is 3.43. The van der Waals surface area contributed by atoms with Gasteiger partial charge in [0.05, 0.1) is 165 Å². The van der Waals surface area contributed by atoms with Gasteiger partial charge in [-0.15, -0.1) is 51.4 Å². The van der Waals surface area contributed by atoms with Crippen molar-refractivity contribution in [2.75, 3.05) is 225 Å². The maximum atomic E-state index is 6.17. The molecule has 0 heterocycles. The summed E-state index contributed by atoms with van der Waals surface area (Å²) in [6, 6.07) is 0. The van der Waals surface area contributed by atoms with E-state index in [1.165, 1.54) is 0 Å². The summed E-state index contributed by atoms with van der Waals surface area (Å²) in [7, 11) is 0. The van der Waals surface area contributed by atoms with Gasteiger partial charge >= 0.3 is 0 Å². The van der Waals surface area contributed by atoms with E-state index in [1.807, 2.05) is 0 Å². The van der Waals surface area contributed by atoms with Crippen molar-refractivity contribution < 1.29 is 99.8 Å². The Hall–Kier alpha value is -4.36. The molecule has 0 radical (unpaired) electrons. The Bertz CT molecular complexity index is 1660. The topological polar surface area (TPSA) is 194 Å². The van der Waals surface area contributed by atoms with Crippen molar-refractivity contribution in [2.45, 2.75) is 36.6 Å². The monoisotopic (exact) mass is 1090 g/mol. The summed E-state index contributed by atoms with van der Waals surface area (Å²) >= 11 is 0. The molecule has 0 fully saturated rings. The molecular weight excluding hydrogens is 1010 g/mol. The second kappa shape index (κ2) is 60.9. The van der Waals surface area contributed by atoms with E-state index in [0.29, 0.717) is 19.8 Å². The number of hydrogen-bond donors (Lipinski definition) is 0. The largest absolute Gasteiger partial charge is 0.376 e. The molecule has 0 spiro atoms. The van der Waals surface area contributed by atoms with Gasteiger partial charge in [-0.1, -0.05) is 47.4 Å². The molecule has 0 aromatic heterocycles. The van der Waals surface area contributed by atoms with Gasteiger partial charge < -0.3 is 90.0 Å². The molecule has 0 aliphatic rings. The van der Waals surface area contributed by atoms with Crippen LogP contribution >= 0.6 is 0 Å². The van der Waals surface area contributed by atoms with Crippen LogP contribution < -0.4 is 0 Å². The first kappa shape index (κ1) is 72.6. The number of hydrogen-bond acceptors (Lipinski definition) is 21. The molecular formula is C56H82O21. The van der Waals surface area contributed by atoms with E-state index < -0.39 is 36.6 Å². The lowest BCUT2D eigenvalue weighted by Gasteiger charge is -2.24. The van der Waals surface area contributed by atoms with Crippen LogP contribution in [0.2, 0.25) is 0 Å². The van der Waals surface area contributed by atoms with Crippen molar-refractivity contribution in [3.8, 4) is 98.8 Å². The first-order chi connectivity index (χ1) is 38.0. The summed E-state index contributed by atoms with van der Waals surface area (Å²) in [6.45, 7) is 5.86. The van der Waals surface area contributed by atoms with Crippen LogP contribution in [0.5, 0.6) is 0 Å². The highest BCUT2D eigenvalue weighted by Crippen LogP contribution is 2.07. The van der Waals surface area contributed by atoms with Gasteiger partial charge in [-0.25, -0.2) is 9.78 Å². The Kier molecular flexibility index (Phi) is 57.4. The summed E-state index contributed by atoms with van der Waals surface area (Å²) in [5.41, 5.74) is 0. The standard InChI is InChI=1S/C56H82O21/c1-9-17-57-25-26-64-39-51(70-33-27-58-18-10-2)40-65-41-52(71-34-28-59-19-11-3)42-66-43-53(72-35-29-60-20-12-4)44-67-45-54(73-36-30-61-21-13-5)46-68-47-55(74-37-31-62-22-14-6)48-69-49-56(50-77-76-24-16-8)75-38-32-63-23-15-7/h1-8,51-56H,17-50H2. The van der Waals surface area contributed by atoms with Gasteiger partial charge in [-0.3, -0.25) is 0 Å². The zero-order valence-corrected chi connectivity index (χ0v) is 44.7. The van der Waals surface area contributed by atoms with Crippen LogP contribution in [0.4, 0.5) is 0 Å². The molecule has 0 saturated carbocycles. The first-order valence-corrected chi connectivity index (χ1v) is 24.9. The van der Waals surface area contributed by atoms with Crippen LogP contribution in [0.1, 0.15) is 0 Å². The van der Waals surface area contributed by atoms with Crippen molar-refractivity contribution in [3.63, 3.8) is 0 Å². The predicted molar refractivity (Wildman–Crippen MR) is 282 cm³/mol. The van der Waals surface area contributed by atoms with Crippen LogP contribution in [0.15, 0.2) is 0 Å². The van der Waals surface area contributed by atoms with Gasteiger partial charge in [0.1, 0.15) is 96.1 Å². The maximum Gasteiger partial charge on any atom is 0.142 e. The summed E-state index contributed by atoms with van der Waals surface area (Å²) < 4.78 is 110. The van der Waals surface area contributed by atoms with Crippen LogP contribution in [0, 0.1) is 98.8 Å². The molecule has 77 heavy (non-hydrogen) atoms. The van der Waals surface area contributed by atoms with Gasteiger partial charge in [-0.2, -0.15) is 0 Å². The Balaban J connectivity index is 5.83. The van der Waals surface area contributed by atoms with Crippen LogP contribution in [0.3, 0.4) is 0 Å². The fourth-order valence-corrected chi connectivity index (χ4v) is 5.61. The van der Waals surface area contributed by atoms with Crippen molar-refractivity contribution in [1.29, 1.82) is 0 Å². The fraction of sp³-hybridized carbons (Fsp3) is 0.714. The molecule has 0 saturated heterocycles. The molecule has 0 N–H and O–H groups in total. The minimum atomic E-state index is -0.567. The maximum absolute atomic E-state index is 6.17. The van der Waals surface area contributed by atoms with Gasteiger partial charge in [-0.05, 0) is 0 Å². The van der Waals surface area contributed by atoms with E-state index in [1.54, 1.807) is 0 Å². The molecule has 21 nitrogen and oxygen atoms in total. The van der Waals surface area contributed by atoms with Gasteiger partial charge in [0.15, 0.2) is 0 Å². The lowest BCUT2D eigenvalue weighted by molar-refractivity contribution is -0.301. The Morgan fingerprint density at radius 2 is 0.364 bits per heavy atom. The molecule has 21 heteroatoms. The lowest BCUT2D eigenvalue weighted by Crippen LogP contribution is -2.35. The van der Waals surface area contributed by atoms with Crippen molar-refractivity contribution >= 4 is 0 Å². The first-order valence-electron chi connectivity index (χ1n) is 24.9. The molecule has 0 aliphatic carbocycles. The lowest BCUT2D eigenvalue weighted by atomic mass is 10.3.